The van der Waals surface area contributed by atoms with Gasteiger partial charge in [0.2, 0.25) is 0 Å². The first-order valence-corrected chi connectivity index (χ1v) is 26.5. The Labute approximate surface area is 438 Å². The quantitative estimate of drug-likeness (QED) is 0.108. The van der Waals surface area contributed by atoms with Gasteiger partial charge in [0.25, 0.3) is 0 Å². The summed E-state index contributed by atoms with van der Waals surface area (Å²) in [7, 11) is 0. The largest absolute Gasteiger partial charge is 0.341 e. The molecule has 13 rings (SSSR count). The van der Waals surface area contributed by atoms with E-state index in [9.17, 15) is 0 Å². The third kappa shape index (κ3) is 8.47. The van der Waals surface area contributed by atoms with Gasteiger partial charge in [0.1, 0.15) is 0 Å². The maximum Gasteiger partial charge on any atom is 0.0497 e. The van der Waals surface area contributed by atoms with E-state index in [4.69, 9.17) is 0 Å². The van der Waals surface area contributed by atoms with E-state index in [0.717, 1.165) is 19.6 Å². The molecule has 0 radical (unpaired) electrons. The number of benzene rings is 10. The van der Waals surface area contributed by atoms with E-state index >= 15 is 0 Å². The average Bonchev–Trinajstić information content (AvgIpc) is 4.12. The molecule has 0 unspecified atom stereocenters. The second-order valence-corrected chi connectivity index (χ2v) is 19.8. The van der Waals surface area contributed by atoms with Crippen LogP contribution < -0.4 is 0 Å². The predicted octanol–water partition coefficient (Wildman–Crippen LogP) is 19.6. The maximum absolute atomic E-state index is 2.42. The van der Waals surface area contributed by atoms with Crippen molar-refractivity contribution in [1.29, 1.82) is 0 Å². The summed E-state index contributed by atoms with van der Waals surface area (Å²) in [5, 5.41) is 7.85. The molecule has 3 heterocycles. The van der Waals surface area contributed by atoms with Crippen molar-refractivity contribution in [2.24, 2.45) is 0 Å². The zero-order valence-corrected chi connectivity index (χ0v) is 42.7. The fourth-order valence-corrected chi connectivity index (χ4v) is 11.6. The molecule has 0 atom stereocenters. The molecule has 0 aliphatic heterocycles. The van der Waals surface area contributed by atoms with Crippen LogP contribution in [-0.2, 0) is 19.6 Å². The molecule has 0 amide bonds. The van der Waals surface area contributed by atoms with Crippen LogP contribution in [0.4, 0.5) is 0 Å². The van der Waals surface area contributed by atoms with Crippen LogP contribution in [0.1, 0.15) is 54.2 Å². The van der Waals surface area contributed by atoms with Gasteiger partial charge < -0.3 is 13.7 Å². The number of para-hydroxylation sites is 3. The van der Waals surface area contributed by atoms with E-state index in [-0.39, 0.29) is 0 Å². The summed E-state index contributed by atoms with van der Waals surface area (Å²) >= 11 is 0. The molecule has 3 aromatic heterocycles. The summed E-state index contributed by atoms with van der Waals surface area (Å²) < 4.78 is 7.25. The zero-order valence-electron chi connectivity index (χ0n) is 42.7. The molecule has 13 aromatic rings. The molecule has 75 heavy (non-hydrogen) atoms. The number of hydrogen-bond acceptors (Lipinski definition) is 0. The van der Waals surface area contributed by atoms with Gasteiger partial charge in [-0.15, -0.1) is 0 Å². The number of hydrogen-bond donors (Lipinski definition) is 0. The molecule has 0 bridgehead atoms. The van der Waals surface area contributed by atoms with Gasteiger partial charge in [-0.3, -0.25) is 0 Å². The highest BCUT2D eigenvalue weighted by Crippen LogP contribution is 2.36. The van der Waals surface area contributed by atoms with Crippen molar-refractivity contribution in [2.75, 3.05) is 0 Å². The SMILES string of the molecule is CCn1c2ccccc2c2ccc(/C=C\c3ccc(-c4cc(-c5ccc(/C=C/c6ccc7c8ccccc8n(CC)c7c6)cc5)cc(-c5ccc(/C=C/c6ccc7c8ccccc8n(CC)c7c6)cc5)c4)cc3)cc21. The zero-order chi connectivity index (χ0) is 50.4. The van der Waals surface area contributed by atoms with Gasteiger partial charge in [0, 0.05) is 85.1 Å². The lowest BCUT2D eigenvalue weighted by Crippen LogP contribution is -1.92. The minimum absolute atomic E-state index is 0.933. The summed E-state index contributed by atoms with van der Waals surface area (Å²) in [6.07, 6.45) is 13.4. The normalized spacial score (nSPS) is 12.2. The number of nitrogens with zero attached hydrogens (tertiary/aromatic N) is 3. The first-order valence-electron chi connectivity index (χ1n) is 26.5. The van der Waals surface area contributed by atoms with Crippen LogP contribution in [0.5, 0.6) is 0 Å². The van der Waals surface area contributed by atoms with Gasteiger partial charge in [0.05, 0.1) is 0 Å². The monoisotopic (exact) mass is 963 g/mol. The molecule has 3 nitrogen and oxygen atoms in total. The molecule has 0 aliphatic carbocycles. The van der Waals surface area contributed by atoms with Crippen molar-refractivity contribution in [3.8, 4) is 33.4 Å². The standard InChI is InChI=1S/C72H57N3/c1-4-73-67-16-10-7-13-61(67)64-40-31-52(43-70(64)73)22-19-49-25-34-55(35-26-49)58-46-59(56-36-27-50(28-37-56)20-23-53-32-41-65-62-14-8-11-17-68(62)74(5-2)71(65)44-53)48-60(47-58)57-38-29-51(30-39-57)21-24-54-33-42-66-63-15-9-12-18-69(63)75(6-3)72(66)45-54/h7-48H,4-6H2,1-3H3/b22-19-,23-20+,24-21+. The Hall–Kier alpha value is -9.18. The van der Waals surface area contributed by atoms with E-state index in [1.54, 1.807) is 0 Å². The number of rotatable bonds is 12. The second-order valence-electron chi connectivity index (χ2n) is 19.8. The molecule has 0 aliphatic rings. The average molecular weight is 964 g/mol. The summed E-state index contributed by atoms with van der Waals surface area (Å²) in [5.74, 6) is 0. The summed E-state index contributed by atoms with van der Waals surface area (Å²) in [6, 6.07) is 80.7. The van der Waals surface area contributed by atoms with Crippen molar-refractivity contribution in [3.63, 3.8) is 0 Å². The lowest BCUT2D eigenvalue weighted by atomic mass is 9.92. The molecule has 0 spiro atoms. The Kier molecular flexibility index (Phi) is 11.8. The molecule has 3 heteroatoms. The molecule has 360 valence electrons. The highest BCUT2D eigenvalue weighted by atomic mass is 15.0. The highest BCUT2D eigenvalue weighted by molar-refractivity contribution is 6.10. The van der Waals surface area contributed by atoms with Crippen molar-refractivity contribution in [1.82, 2.24) is 13.7 Å². The lowest BCUT2D eigenvalue weighted by molar-refractivity contribution is 0.827. The Morgan fingerprint density at radius 2 is 0.467 bits per heavy atom. The smallest absolute Gasteiger partial charge is 0.0497 e. The van der Waals surface area contributed by atoms with E-state index in [1.807, 2.05) is 0 Å². The van der Waals surface area contributed by atoms with E-state index in [2.05, 4.69) is 289 Å². The lowest BCUT2D eigenvalue weighted by Gasteiger charge is -2.12. The molecule has 10 aromatic carbocycles. The molecular weight excluding hydrogens is 907 g/mol. The fraction of sp³-hybridized carbons (Fsp3) is 0.0833. The van der Waals surface area contributed by atoms with Gasteiger partial charge in [-0.25, -0.2) is 0 Å². The molecular formula is C72H57N3. The molecule has 0 saturated carbocycles. The third-order valence-electron chi connectivity index (χ3n) is 15.4. The van der Waals surface area contributed by atoms with Gasteiger partial charge >= 0.3 is 0 Å². The Morgan fingerprint density at radius 1 is 0.227 bits per heavy atom. The molecule has 0 fully saturated rings. The van der Waals surface area contributed by atoms with Crippen LogP contribution in [0.15, 0.2) is 218 Å². The number of aryl methyl sites for hydroxylation is 3. The summed E-state index contributed by atoms with van der Waals surface area (Å²) in [6.45, 7) is 9.48. The minimum Gasteiger partial charge on any atom is -0.341 e. The van der Waals surface area contributed by atoms with E-state index < -0.39 is 0 Å². The maximum atomic E-state index is 2.42. The second kappa shape index (κ2) is 19.3. The van der Waals surface area contributed by atoms with Crippen molar-refractivity contribution >= 4 is 102 Å². The summed E-state index contributed by atoms with van der Waals surface area (Å²) in [4.78, 5) is 0. The van der Waals surface area contributed by atoms with Gasteiger partial charge in [-0.2, -0.15) is 0 Å². The van der Waals surface area contributed by atoms with Gasteiger partial charge in [0.15, 0.2) is 0 Å². The topological polar surface area (TPSA) is 14.8 Å². The van der Waals surface area contributed by atoms with Crippen molar-refractivity contribution < 1.29 is 0 Å². The van der Waals surface area contributed by atoms with Crippen LogP contribution in [0.2, 0.25) is 0 Å². The van der Waals surface area contributed by atoms with E-state index in [0.29, 0.717) is 0 Å². The van der Waals surface area contributed by atoms with Crippen LogP contribution in [-0.4, -0.2) is 13.7 Å². The van der Waals surface area contributed by atoms with Crippen LogP contribution in [0.25, 0.3) is 135 Å². The van der Waals surface area contributed by atoms with Crippen molar-refractivity contribution in [2.45, 2.75) is 40.4 Å². The van der Waals surface area contributed by atoms with Crippen LogP contribution in [0, 0.1) is 0 Å². The van der Waals surface area contributed by atoms with Gasteiger partial charge in [-0.1, -0.05) is 200 Å². The number of aromatic nitrogens is 3. The Morgan fingerprint density at radius 3 is 0.747 bits per heavy atom. The molecule has 0 saturated heterocycles. The first-order chi connectivity index (χ1) is 37.0. The Bertz CT molecular complexity index is 3910. The molecule has 0 N–H and O–H groups in total. The highest BCUT2D eigenvalue weighted by Gasteiger charge is 2.13. The van der Waals surface area contributed by atoms with Crippen molar-refractivity contribution in [3.05, 3.63) is 252 Å². The fourth-order valence-electron chi connectivity index (χ4n) is 11.6. The third-order valence-corrected chi connectivity index (χ3v) is 15.4. The van der Waals surface area contributed by atoms with Crippen LogP contribution >= 0.6 is 0 Å². The summed E-state index contributed by atoms with van der Waals surface area (Å²) in [5.41, 5.74) is 21.9. The minimum atomic E-state index is 0.933. The predicted molar refractivity (Wildman–Crippen MR) is 325 cm³/mol. The van der Waals surface area contributed by atoms with E-state index in [1.165, 1.54) is 132 Å². The van der Waals surface area contributed by atoms with Crippen LogP contribution in [0.3, 0.4) is 0 Å². The number of fused-ring (bicyclic) bond motifs is 9. The first kappa shape index (κ1) is 45.7. The Balaban J connectivity index is 0.799. The van der Waals surface area contributed by atoms with Gasteiger partial charge in [-0.05, 0) is 142 Å².